The maximum absolute atomic E-state index is 12.7. The van der Waals surface area contributed by atoms with Crippen molar-refractivity contribution in [3.63, 3.8) is 0 Å². The number of fused-ring (bicyclic) bond motifs is 1. The maximum Gasteiger partial charge on any atom is 0.347 e. The van der Waals surface area contributed by atoms with Crippen molar-refractivity contribution < 1.29 is 23.4 Å². The van der Waals surface area contributed by atoms with Gasteiger partial charge in [-0.2, -0.15) is 0 Å². The molecule has 0 amide bonds. The molecule has 0 fully saturated rings. The zero-order valence-corrected chi connectivity index (χ0v) is 16.9. The molecule has 0 aliphatic rings. The monoisotopic (exact) mass is 416 g/mol. The Morgan fingerprint density at radius 2 is 1.93 bits per heavy atom. The van der Waals surface area contributed by atoms with E-state index in [0.29, 0.717) is 40.5 Å². The highest BCUT2D eigenvalue weighted by Crippen LogP contribution is 2.29. The van der Waals surface area contributed by atoms with Gasteiger partial charge in [0.2, 0.25) is 11.2 Å². The van der Waals surface area contributed by atoms with E-state index in [-0.39, 0.29) is 11.2 Å². The van der Waals surface area contributed by atoms with Gasteiger partial charge in [-0.1, -0.05) is 37.6 Å². The average molecular weight is 417 g/mol. The lowest BCUT2D eigenvalue weighted by Crippen LogP contribution is -2.28. The van der Waals surface area contributed by atoms with Crippen LogP contribution in [0.25, 0.3) is 11.0 Å². The van der Waals surface area contributed by atoms with Crippen LogP contribution in [0.1, 0.15) is 26.7 Å². The molecule has 1 aromatic heterocycles. The Labute approximate surface area is 172 Å². The summed E-state index contributed by atoms with van der Waals surface area (Å²) in [5.41, 5.74) is -0.0251. The molecule has 152 valence electrons. The van der Waals surface area contributed by atoms with Crippen molar-refractivity contribution in [3.8, 4) is 17.2 Å². The van der Waals surface area contributed by atoms with E-state index in [1.807, 2.05) is 13.8 Å². The number of carbonyl (C=O) groups excluding carboxylic acids is 1. The second-order valence-electron chi connectivity index (χ2n) is 6.30. The summed E-state index contributed by atoms with van der Waals surface area (Å²) in [6.45, 7) is 4.10. The van der Waals surface area contributed by atoms with Crippen LogP contribution in [0.4, 0.5) is 0 Å². The highest BCUT2D eigenvalue weighted by atomic mass is 35.5. The number of hydrogen-bond acceptors (Lipinski definition) is 6. The van der Waals surface area contributed by atoms with Crippen LogP contribution in [0.15, 0.2) is 57.9 Å². The Balaban J connectivity index is 1.83. The van der Waals surface area contributed by atoms with Gasteiger partial charge in [0, 0.05) is 6.07 Å². The quantitative estimate of drug-likeness (QED) is 0.461. The zero-order valence-electron chi connectivity index (χ0n) is 16.1. The fraction of sp³-hybridized carbons (Fsp3) is 0.273. The zero-order chi connectivity index (χ0) is 20.8. The van der Waals surface area contributed by atoms with Crippen molar-refractivity contribution in [1.29, 1.82) is 0 Å². The third kappa shape index (κ3) is 4.90. The van der Waals surface area contributed by atoms with E-state index in [9.17, 15) is 9.59 Å². The van der Waals surface area contributed by atoms with Crippen LogP contribution in [0.5, 0.6) is 17.2 Å². The Bertz CT molecular complexity index is 1060. The first-order valence-corrected chi connectivity index (χ1v) is 9.72. The van der Waals surface area contributed by atoms with Crippen LogP contribution in [0.3, 0.4) is 0 Å². The molecule has 0 N–H and O–H groups in total. The number of hydrogen-bond donors (Lipinski definition) is 0. The van der Waals surface area contributed by atoms with Gasteiger partial charge in [-0.15, -0.1) is 0 Å². The van der Waals surface area contributed by atoms with Crippen LogP contribution in [0.2, 0.25) is 5.02 Å². The molecule has 3 rings (SSSR count). The second-order valence-corrected chi connectivity index (χ2v) is 6.71. The molecule has 1 heterocycles. The van der Waals surface area contributed by atoms with Crippen LogP contribution in [0, 0.1) is 0 Å². The molecule has 0 spiro atoms. The lowest BCUT2D eigenvalue weighted by Gasteiger charge is -2.16. The van der Waals surface area contributed by atoms with Gasteiger partial charge < -0.3 is 18.6 Å². The molecule has 0 saturated heterocycles. The molecule has 3 aromatic rings. The molecule has 0 bridgehead atoms. The topological polar surface area (TPSA) is 75.0 Å². The number of benzene rings is 2. The Hall–Kier alpha value is -2.99. The van der Waals surface area contributed by atoms with Gasteiger partial charge in [0.05, 0.1) is 17.0 Å². The predicted octanol–water partition coefficient (Wildman–Crippen LogP) is 5.35. The van der Waals surface area contributed by atoms with Crippen LogP contribution >= 0.6 is 11.6 Å². The standard InChI is InChI=1S/C22H21ClO6/c1-3-11-26-22(25)17(4-2)28-14-9-10-15-19(12-14)27-13-20(21(15)24)29-18-8-6-5-7-16(18)23/h5-10,12-13,17H,3-4,11H2,1-2H3/t17-/m1/s1. The average Bonchev–Trinajstić information content (AvgIpc) is 2.73. The van der Waals surface area contributed by atoms with E-state index in [1.54, 1.807) is 42.5 Å². The fourth-order valence-corrected chi connectivity index (χ4v) is 2.81. The molecular weight excluding hydrogens is 396 g/mol. The van der Waals surface area contributed by atoms with Crippen molar-refractivity contribution in [3.05, 3.63) is 64.0 Å². The molecule has 7 heteroatoms. The van der Waals surface area contributed by atoms with Gasteiger partial charge >= 0.3 is 5.97 Å². The van der Waals surface area contributed by atoms with Gasteiger partial charge in [0.1, 0.15) is 23.3 Å². The van der Waals surface area contributed by atoms with Crippen molar-refractivity contribution >= 4 is 28.5 Å². The highest BCUT2D eigenvalue weighted by molar-refractivity contribution is 6.32. The van der Waals surface area contributed by atoms with E-state index in [1.165, 1.54) is 6.26 Å². The van der Waals surface area contributed by atoms with Gasteiger partial charge in [-0.25, -0.2) is 4.79 Å². The maximum atomic E-state index is 12.7. The third-order valence-corrected chi connectivity index (χ3v) is 4.44. The van der Waals surface area contributed by atoms with Crippen LogP contribution < -0.4 is 14.9 Å². The molecule has 0 saturated carbocycles. The summed E-state index contributed by atoms with van der Waals surface area (Å²) in [7, 11) is 0. The number of carbonyl (C=O) groups is 1. The second kappa shape index (κ2) is 9.47. The molecule has 0 aliphatic heterocycles. The summed E-state index contributed by atoms with van der Waals surface area (Å²) in [6.07, 6.45) is 1.69. The molecular formula is C22H21ClO6. The molecule has 29 heavy (non-hydrogen) atoms. The Morgan fingerprint density at radius 3 is 2.66 bits per heavy atom. The first kappa shape index (κ1) is 20.7. The summed E-state index contributed by atoms with van der Waals surface area (Å²) in [5, 5.41) is 0.708. The summed E-state index contributed by atoms with van der Waals surface area (Å²) < 4.78 is 22.0. The number of ether oxygens (including phenoxy) is 3. The smallest absolute Gasteiger partial charge is 0.347 e. The van der Waals surface area contributed by atoms with E-state index < -0.39 is 12.1 Å². The molecule has 1 atom stereocenters. The van der Waals surface area contributed by atoms with E-state index >= 15 is 0 Å². The number of rotatable bonds is 8. The lowest BCUT2D eigenvalue weighted by molar-refractivity contribution is -0.152. The minimum absolute atomic E-state index is 0.0221. The highest BCUT2D eigenvalue weighted by Gasteiger charge is 2.20. The SMILES string of the molecule is CCCOC(=O)[C@@H](CC)Oc1ccc2c(=O)c(Oc3ccccc3Cl)coc2c1. The predicted molar refractivity (Wildman–Crippen MR) is 110 cm³/mol. The first-order chi connectivity index (χ1) is 14.0. The Morgan fingerprint density at radius 1 is 1.14 bits per heavy atom. The van der Waals surface area contributed by atoms with Crippen LogP contribution in [-0.4, -0.2) is 18.7 Å². The van der Waals surface area contributed by atoms with Gasteiger partial charge in [0.15, 0.2) is 6.10 Å². The number of halogens is 1. The number of esters is 1. The van der Waals surface area contributed by atoms with Gasteiger partial charge in [0.25, 0.3) is 0 Å². The third-order valence-electron chi connectivity index (χ3n) is 4.13. The van der Waals surface area contributed by atoms with E-state index in [2.05, 4.69) is 0 Å². The molecule has 6 nitrogen and oxygen atoms in total. The number of para-hydroxylation sites is 1. The summed E-state index contributed by atoms with van der Waals surface area (Å²) in [5.74, 6) is 0.367. The molecule has 0 unspecified atom stereocenters. The van der Waals surface area contributed by atoms with Gasteiger partial charge in [-0.05, 0) is 37.1 Å². The minimum Gasteiger partial charge on any atom is -0.479 e. The molecule has 0 aliphatic carbocycles. The van der Waals surface area contributed by atoms with Gasteiger partial charge in [-0.3, -0.25) is 4.79 Å². The molecule has 0 radical (unpaired) electrons. The summed E-state index contributed by atoms with van der Waals surface area (Å²) in [6, 6.07) is 11.6. The van der Waals surface area contributed by atoms with Crippen molar-refractivity contribution in [2.75, 3.05) is 6.61 Å². The summed E-state index contributed by atoms with van der Waals surface area (Å²) in [4.78, 5) is 24.8. The van der Waals surface area contributed by atoms with Crippen LogP contribution in [-0.2, 0) is 9.53 Å². The van der Waals surface area contributed by atoms with Crippen molar-refractivity contribution in [2.24, 2.45) is 0 Å². The van der Waals surface area contributed by atoms with Crippen molar-refractivity contribution in [2.45, 2.75) is 32.8 Å². The van der Waals surface area contributed by atoms with Crippen molar-refractivity contribution in [1.82, 2.24) is 0 Å². The largest absolute Gasteiger partial charge is 0.479 e. The minimum atomic E-state index is -0.728. The fourth-order valence-electron chi connectivity index (χ4n) is 2.64. The lowest BCUT2D eigenvalue weighted by atomic mass is 10.2. The first-order valence-electron chi connectivity index (χ1n) is 9.34. The van der Waals surface area contributed by atoms with E-state index in [0.717, 1.165) is 6.42 Å². The summed E-state index contributed by atoms with van der Waals surface area (Å²) >= 11 is 6.07. The normalized spacial score (nSPS) is 11.8. The molecule has 2 aromatic carbocycles. The Kier molecular flexibility index (Phi) is 6.77. The van der Waals surface area contributed by atoms with E-state index in [4.69, 9.17) is 30.2 Å².